The Hall–Kier alpha value is -0.0800. The first-order valence-electron chi connectivity index (χ1n) is 8.25. The highest BCUT2D eigenvalue weighted by molar-refractivity contribution is 4.91. The van der Waals surface area contributed by atoms with E-state index in [1.165, 1.54) is 51.7 Å². The van der Waals surface area contributed by atoms with Crippen molar-refractivity contribution in [2.45, 2.75) is 78.8 Å². The molecule has 2 rings (SSSR count). The van der Waals surface area contributed by atoms with Crippen molar-refractivity contribution in [1.82, 2.24) is 10.2 Å². The summed E-state index contributed by atoms with van der Waals surface area (Å²) in [4.78, 5) is 2.80. The van der Waals surface area contributed by atoms with E-state index in [0.717, 1.165) is 6.04 Å². The molecule has 2 heteroatoms. The fraction of sp³-hybridized carbons (Fsp3) is 1.00. The fourth-order valence-corrected chi connectivity index (χ4v) is 3.83. The van der Waals surface area contributed by atoms with Crippen LogP contribution in [0.4, 0.5) is 0 Å². The lowest BCUT2D eigenvalue weighted by molar-refractivity contribution is 0.0808. The topological polar surface area (TPSA) is 15.3 Å². The van der Waals surface area contributed by atoms with Gasteiger partial charge in [-0.05, 0) is 49.6 Å². The molecule has 19 heavy (non-hydrogen) atoms. The first-order chi connectivity index (χ1) is 8.78. The van der Waals surface area contributed by atoms with Crippen molar-refractivity contribution in [3.63, 3.8) is 0 Å². The zero-order valence-electron chi connectivity index (χ0n) is 13.8. The molecule has 2 aliphatic rings. The van der Waals surface area contributed by atoms with E-state index in [1.54, 1.807) is 0 Å². The van der Waals surface area contributed by atoms with Gasteiger partial charge in [0.05, 0.1) is 0 Å². The maximum atomic E-state index is 3.77. The average molecular weight is 266 g/mol. The van der Waals surface area contributed by atoms with Gasteiger partial charge >= 0.3 is 0 Å². The summed E-state index contributed by atoms with van der Waals surface area (Å²) in [6.45, 7) is 15.8. The highest BCUT2D eigenvalue weighted by Gasteiger charge is 2.35. The summed E-state index contributed by atoms with van der Waals surface area (Å²) in [6, 6.07) is 1.47. The number of hydrogen-bond donors (Lipinski definition) is 1. The first kappa shape index (κ1) is 15.3. The van der Waals surface area contributed by atoms with E-state index in [-0.39, 0.29) is 0 Å². The van der Waals surface area contributed by atoms with Crippen molar-refractivity contribution in [3.05, 3.63) is 0 Å². The van der Waals surface area contributed by atoms with Crippen LogP contribution in [-0.4, -0.2) is 36.6 Å². The summed E-state index contributed by atoms with van der Waals surface area (Å²) in [7, 11) is 0. The third kappa shape index (κ3) is 4.19. The zero-order valence-corrected chi connectivity index (χ0v) is 13.8. The van der Waals surface area contributed by atoms with Gasteiger partial charge in [-0.1, -0.05) is 41.0 Å². The summed E-state index contributed by atoms with van der Waals surface area (Å²) in [5, 5.41) is 3.77. The van der Waals surface area contributed by atoms with Gasteiger partial charge in [-0.15, -0.1) is 0 Å². The Labute approximate surface area is 120 Å². The van der Waals surface area contributed by atoms with Crippen LogP contribution >= 0.6 is 0 Å². The Balaban J connectivity index is 2.02. The lowest BCUT2D eigenvalue weighted by Crippen LogP contribution is -2.50. The Kier molecular flexibility index (Phi) is 4.62. The molecule has 0 aromatic rings. The normalized spacial score (nSPS) is 33.9. The van der Waals surface area contributed by atoms with Crippen LogP contribution in [0, 0.1) is 10.8 Å². The second-order valence-corrected chi connectivity index (χ2v) is 8.64. The number of rotatable bonds is 1. The molecule has 1 N–H and O–H groups in total. The Morgan fingerprint density at radius 1 is 1.16 bits per heavy atom. The molecule has 2 fully saturated rings. The number of nitrogens with one attached hydrogen (secondary N) is 1. The van der Waals surface area contributed by atoms with Crippen molar-refractivity contribution in [2.24, 2.45) is 10.8 Å². The summed E-state index contributed by atoms with van der Waals surface area (Å²) in [6.07, 6.45) is 6.95. The monoisotopic (exact) mass is 266 g/mol. The predicted octanol–water partition coefficient (Wildman–Crippen LogP) is 3.67. The predicted molar refractivity (Wildman–Crippen MR) is 83.5 cm³/mol. The largest absolute Gasteiger partial charge is 0.312 e. The minimum absolute atomic E-state index is 0.368. The van der Waals surface area contributed by atoms with Crippen LogP contribution in [0.2, 0.25) is 0 Å². The van der Waals surface area contributed by atoms with Gasteiger partial charge in [-0.2, -0.15) is 0 Å². The molecule has 2 atom stereocenters. The highest BCUT2D eigenvalue weighted by atomic mass is 15.2. The molecule has 0 aromatic heterocycles. The Morgan fingerprint density at radius 2 is 1.89 bits per heavy atom. The SMILES string of the molecule is CC1(C)CCCC(N2CCCNC(C(C)(C)C)C2)C1. The van der Waals surface area contributed by atoms with Gasteiger partial charge in [0.15, 0.2) is 0 Å². The molecule has 1 saturated heterocycles. The van der Waals surface area contributed by atoms with E-state index in [9.17, 15) is 0 Å². The molecule has 0 aromatic carbocycles. The minimum atomic E-state index is 0.368. The molecular formula is C17H34N2. The van der Waals surface area contributed by atoms with Crippen molar-refractivity contribution in [3.8, 4) is 0 Å². The van der Waals surface area contributed by atoms with E-state index >= 15 is 0 Å². The molecule has 1 aliphatic carbocycles. The van der Waals surface area contributed by atoms with E-state index in [1.807, 2.05) is 0 Å². The molecule has 112 valence electrons. The van der Waals surface area contributed by atoms with Crippen molar-refractivity contribution < 1.29 is 0 Å². The maximum Gasteiger partial charge on any atom is 0.0243 e. The van der Waals surface area contributed by atoms with Gasteiger partial charge in [0.1, 0.15) is 0 Å². The molecule has 0 bridgehead atoms. The average Bonchev–Trinajstić information content (AvgIpc) is 2.52. The van der Waals surface area contributed by atoms with Gasteiger partial charge in [-0.25, -0.2) is 0 Å². The van der Waals surface area contributed by atoms with Crippen LogP contribution in [-0.2, 0) is 0 Å². The van der Waals surface area contributed by atoms with Crippen LogP contribution in [0.5, 0.6) is 0 Å². The molecule has 0 amide bonds. The van der Waals surface area contributed by atoms with Gasteiger partial charge in [0, 0.05) is 18.6 Å². The molecular weight excluding hydrogens is 232 g/mol. The smallest absolute Gasteiger partial charge is 0.0243 e. The molecule has 1 heterocycles. The molecule has 1 saturated carbocycles. The second kappa shape index (κ2) is 5.73. The zero-order chi connectivity index (χ0) is 14.1. The minimum Gasteiger partial charge on any atom is -0.312 e. The number of hydrogen-bond acceptors (Lipinski definition) is 2. The first-order valence-corrected chi connectivity index (χ1v) is 8.25. The Morgan fingerprint density at radius 3 is 2.53 bits per heavy atom. The molecule has 2 nitrogen and oxygen atoms in total. The van der Waals surface area contributed by atoms with E-state index in [2.05, 4.69) is 44.8 Å². The van der Waals surface area contributed by atoms with Crippen LogP contribution in [0.1, 0.15) is 66.7 Å². The summed E-state index contributed by atoms with van der Waals surface area (Å²) in [5.41, 5.74) is 0.923. The van der Waals surface area contributed by atoms with E-state index in [0.29, 0.717) is 16.9 Å². The second-order valence-electron chi connectivity index (χ2n) is 8.64. The van der Waals surface area contributed by atoms with Gasteiger partial charge < -0.3 is 5.32 Å². The summed E-state index contributed by atoms with van der Waals surface area (Å²) in [5.74, 6) is 0. The molecule has 0 radical (unpaired) electrons. The van der Waals surface area contributed by atoms with Crippen molar-refractivity contribution in [1.29, 1.82) is 0 Å². The summed E-state index contributed by atoms with van der Waals surface area (Å²) >= 11 is 0. The van der Waals surface area contributed by atoms with Crippen LogP contribution in [0.3, 0.4) is 0 Å². The van der Waals surface area contributed by atoms with Gasteiger partial charge in [-0.3, -0.25) is 4.90 Å². The van der Waals surface area contributed by atoms with Crippen molar-refractivity contribution in [2.75, 3.05) is 19.6 Å². The van der Waals surface area contributed by atoms with Crippen LogP contribution < -0.4 is 5.32 Å². The lowest BCUT2D eigenvalue weighted by Gasteiger charge is -2.43. The molecule has 1 aliphatic heterocycles. The third-order valence-electron chi connectivity index (χ3n) is 5.17. The quantitative estimate of drug-likeness (QED) is 0.779. The summed E-state index contributed by atoms with van der Waals surface area (Å²) < 4.78 is 0. The fourth-order valence-electron chi connectivity index (χ4n) is 3.83. The highest BCUT2D eigenvalue weighted by Crippen LogP contribution is 2.38. The van der Waals surface area contributed by atoms with Gasteiger partial charge in [0.25, 0.3) is 0 Å². The molecule has 2 unspecified atom stereocenters. The maximum absolute atomic E-state index is 3.77. The van der Waals surface area contributed by atoms with E-state index in [4.69, 9.17) is 0 Å². The molecule has 0 spiro atoms. The Bertz CT molecular complexity index is 290. The van der Waals surface area contributed by atoms with Crippen LogP contribution in [0.25, 0.3) is 0 Å². The number of nitrogens with zero attached hydrogens (tertiary/aromatic N) is 1. The third-order valence-corrected chi connectivity index (χ3v) is 5.17. The van der Waals surface area contributed by atoms with E-state index < -0.39 is 0 Å². The lowest BCUT2D eigenvalue weighted by atomic mass is 9.74. The standard InChI is InChI=1S/C17H34N2/c1-16(2,3)15-13-19(11-7-10-18-15)14-8-6-9-17(4,5)12-14/h14-15,18H,6-13H2,1-5H3. The van der Waals surface area contributed by atoms with Gasteiger partial charge in [0.2, 0.25) is 0 Å². The van der Waals surface area contributed by atoms with Crippen LogP contribution in [0.15, 0.2) is 0 Å². The van der Waals surface area contributed by atoms with Crippen molar-refractivity contribution >= 4 is 0 Å².